The summed E-state index contributed by atoms with van der Waals surface area (Å²) in [5.74, 6) is 0.0925. The molecule has 0 unspecified atom stereocenters. The van der Waals surface area contributed by atoms with Crippen molar-refractivity contribution in [2.24, 2.45) is 5.92 Å². The molecule has 2 aromatic carbocycles. The molecule has 3 rings (SSSR count). The Morgan fingerprint density at radius 3 is 2.79 bits per heavy atom. The average Bonchev–Trinajstić information content (AvgIpc) is 3.03. The number of aryl methyl sites for hydroxylation is 1. The normalized spacial score (nSPS) is 17.3. The van der Waals surface area contributed by atoms with Crippen LogP contribution in [-0.4, -0.2) is 29.0 Å². The van der Waals surface area contributed by atoms with E-state index in [2.05, 4.69) is 6.07 Å². The number of aliphatic hydroxyl groups is 1. The monoisotopic (exact) mass is 327 g/mol. The number of hydrogen-bond acceptors (Lipinski definition) is 2. The summed E-state index contributed by atoms with van der Waals surface area (Å²) in [4.78, 5) is 14.5. The van der Waals surface area contributed by atoms with Crippen LogP contribution in [-0.2, 0) is 13.0 Å². The number of carbonyl (C=O) groups is 1. The summed E-state index contributed by atoms with van der Waals surface area (Å²) in [6.07, 6.45) is 1.87. The van der Waals surface area contributed by atoms with E-state index in [9.17, 15) is 14.3 Å². The van der Waals surface area contributed by atoms with Gasteiger partial charge in [-0.15, -0.1) is 0 Å². The fraction of sp³-hybridized carbons (Fsp3) is 0.350. The molecule has 1 saturated heterocycles. The number of hydrogen-bond donors (Lipinski definition) is 1. The standard InChI is InChI=1S/C20H22FNO2/c1-14-9-18(21)5-6-19(14)20(24)22-8-7-16(12-22)10-15-3-2-4-17(11-15)13-23/h2-6,9,11,16,23H,7-8,10,12-13H2,1H3/t16-/m0/s1. The third kappa shape index (κ3) is 3.65. The van der Waals surface area contributed by atoms with Gasteiger partial charge >= 0.3 is 0 Å². The zero-order valence-corrected chi connectivity index (χ0v) is 13.8. The Morgan fingerprint density at radius 1 is 1.25 bits per heavy atom. The van der Waals surface area contributed by atoms with Gasteiger partial charge in [-0.1, -0.05) is 24.3 Å². The molecule has 126 valence electrons. The minimum Gasteiger partial charge on any atom is -0.392 e. The van der Waals surface area contributed by atoms with Gasteiger partial charge in [0, 0.05) is 18.7 Å². The molecule has 0 bridgehead atoms. The first kappa shape index (κ1) is 16.7. The molecule has 4 heteroatoms. The molecular formula is C20H22FNO2. The highest BCUT2D eigenvalue weighted by Gasteiger charge is 2.27. The largest absolute Gasteiger partial charge is 0.392 e. The summed E-state index contributed by atoms with van der Waals surface area (Å²) >= 11 is 0. The van der Waals surface area contributed by atoms with Crippen LogP contribution in [0, 0.1) is 18.7 Å². The maximum absolute atomic E-state index is 13.2. The first-order valence-electron chi connectivity index (χ1n) is 8.31. The second-order valence-corrected chi connectivity index (χ2v) is 6.55. The fourth-order valence-electron chi connectivity index (χ4n) is 3.41. The lowest BCUT2D eigenvalue weighted by atomic mass is 9.97. The number of halogens is 1. The number of nitrogens with zero attached hydrogens (tertiary/aromatic N) is 1. The fourth-order valence-corrected chi connectivity index (χ4v) is 3.41. The molecule has 0 aromatic heterocycles. The lowest BCUT2D eigenvalue weighted by Gasteiger charge is -2.18. The summed E-state index contributed by atoms with van der Waals surface area (Å²) in [5.41, 5.74) is 3.37. The number of amides is 1. The predicted octanol–water partition coefficient (Wildman–Crippen LogP) is 3.33. The van der Waals surface area contributed by atoms with E-state index < -0.39 is 0 Å². The van der Waals surface area contributed by atoms with E-state index in [-0.39, 0.29) is 18.3 Å². The van der Waals surface area contributed by atoms with Gasteiger partial charge in [0.2, 0.25) is 0 Å². The third-order valence-electron chi connectivity index (χ3n) is 4.69. The number of aliphatic hydroxyl groups excluding tert-OH is 1. The minimum absolute atomic E-state index is 0.0147. The van der Waals surface area contributed by atoms with Gasteiger partial charge in [0.25, 0.3) is 5.91 Å². The van der Waals surface area contributed by atoms with E-state index in [4.69, 9.17) is 0 Å². The Labute approximate surface area is 141 Å². The number of benzene rings is 2. The number of rotatable bonds is 4. The van der Waals surface area contributed by atoms with Gasteiger partial charge in [-0.3, -0.25) is 4.79 Å². The van der Waals surface area contributed by atoms with Crippen molar-refractivity contribution in [3.8, 4) is 0 Å². The minimum atomic E-state index is -0.313. The Hall–Kier alpha value is -2.20. The lowest BCUT2D eigenvalue weighted by molar-refractivity contribution is 0.0786. The molecule has 0 saturated carbocycles. The zero-order chi connectivity index (χ0) is 17.1. The van der Waals surface area contributed by atoms with Crippen LogP contribution in [0.25, 0.3) is 0 Å². The molecule has 3 nitrogen and oxygen atoms in total. The van der Waals surface area contributed by atoms with E-state index in [0.29, 0.717) is 17.0 Å². The van der Waals surface area contributed by atoms with Gasteiger partial charge in [0.15, 0.2) is 0 Å². The van der Waals surface area contributed by atoms with Gasteiger partial charge < -0.3 is 10.0 Å². The SMILES string of the molecule is Cc1cc(F)ccc1C(=O)N1CC[C@@H](Cc2cccc(CO)c2)C1. The van der Waals surface area contributed by atoms with E-state index in [0.717, 1.165) is 31.5 Å². The Morgan fingerprint density at radius 2 is 2.04 bits per heavy atom. The molecule has 1 aliphatic heterocycles. The first-order valence-corrected chi connectivity index (χ1v) is 8.31. The van der Waals surface area contributed by atoms with Crippen molar-refractivity contribution in [2.45, 2.75) is 26.4 Å². The van der Waals surface area contributed by atoms with Gasteiger partial charge in [-0.05, 0) is 60.6 Å². The van der Waals surface area contributed by atoms with E-state index >= 15 is 0 Å². The molecule has 0 radical (unpaired) electrons. The smallest absolute Gasteiger partial charge is 0.254 e. The van der Waals surface area contributed by atoms with Crippen LogP contribution >= 0.6 is 0 Å². The Kier molecular flexibility index (Phi) is 4.95. The predicted molar refractivity (Wildman–Crippen MR) is 91.2 cm³/mol. The van der Waals surface area contributed by atoms with E-state index in [1.807, 2.05) is 23.1 Å². The highest BCUT2D eigenvalue weighted by molar-refractivity contribution is 5.95. The molecule has 1 heterocycles. The van der Waals surface area contributed by atoms with Gasteiger partial charge in [0.1, 0.15) is 5.82 Å². The maximum Gasteiger partial charge on any atom is 0.254 e. The number of likely N-dealkylation sites (tertiary alicyclic amines) is 1. The Bertz CT molecular complexity index is 744. The second kappa shape index (κ2) is 7.14. The van der Waals surface area contributed by atoms with Crippen LogP contribution in [0.5, 0.6) is 0 Å². The highest BCUT2D eigenvalue weighted by atomic mass is 19.1. The molecule has 1 amide bonds. The van der Waals surface area contributed by atoms with Crippen LogP contribution in [0.3, 0.4) is 0 Å². The van der Waals surface area contributed by atoms with Gasteiger partial charge in [-0.2, -0.15) is 0 Å². The van der Waals surface area contributed by atoms with Gasteiger partial charge in [0.05, 0.1) is 6.61 Å². The van der Waals surface area contributed by atoms with E-state index in [1.54, 1.807) is 13.0 Å². The molecule has 2 aromatic rings. The second-order valence-electron chi connectivity index (χ2n) is 6.55. The molecule has 24 heavy (non-hydrogen) atoms. The molecule has 1 aliphatic rings. The van der Waals surface area contributed by atoms with Crippen LogP contribution in [0.15, 0.2) is 42.5 Å². The lowest BCUT2D eigenvalue weighted by Crippen LogP contribution is -2.29. The van der Waals surface area contributed by atoms with Crippen molar-refractivity contribution in [1.82, 2.24) is 4.90 Å². The van der Waals surface area contributed by atoms with Crippen molar-refractivity contribution in [1.29, 1.82) is 0 Å². The van der Waals surface area contributed by atoms with Crippen molar-refractivity contribution >= 4 is 5.91 Å². The third-order valence-corrected chi connectivity index (χ3v) is 4.69. The summed E-state index contributed by atoms with van der Waals surface area (Å²) < 4.78 is 13.2. The maximum atomic E-state index is 13.2. The summed E-state index contributed by atoms with van der Waals surface area (Å²) in [5, 5.41) is 9.23. The van der Waals surface area contributed by atoms with Crippen molar-refractivity contribution in [3.63, 3.8) is 0 Å². The van der Waals surface area contributed by atoms with Crippen LogP contribution in [0.4, 0.5) is 4.39 Å². The van der Waals surface area contributed by atoms with E-state index in [1.165, 1.54) is 17.7 Å². The highest BCUT2D eigenvalue weighted by Crippen LogP contribution is 2.24. The molecule has 0 spiro atoms. The molecule has 1 fully saturated rings. The average molecular weight is 327 g/mol. The molecule has 1 atom stereocenters. The molecule has 0 aliphatic carbocycles. The summed E-state index contributed by atoms with van der Waals surface area (Å²) in [6, 6.07) is 12.3. The van der Waals surface area contributed by atoms with Crippen LogP contribution in [0.2, 0.25) is 0 Å². The number of carbonyl (C=O) groups excluding carboxylic acids is 1. The van der Waals surface area contributed by atoms with Crippen molar-refractivity contribution in [3.05, 3.63) is 70.5 Å². The van der Waals surface area contributed by atoms with Crippen molar-refractivity contribution < 1.29 is 14.3 Å². The Balaban J connectivity index is 1.65. The molecular weight excluding hydrogens is 305 g/mol. The topological polar surface area (TPSA) is 40.5 Å². The van der Waals surface area contributed by atoms with Crippen LogP contribution in [0.1, 0.15) is 33.5 Å². The molecule has 1 N–H and O–H groups in total. The van der Waals surface area contributed by atoms with Gasteiger partial charge in [-0.25, -0.2) is 4.39 Å². The van der Waals surface area contributed by atoms with Crippen molar-refractivity contribution in [2.75, 3.05) is 13.1 Å². The summed E-state index contributed by atoms with van der Waals surface area (Å²) in [6.45, 7) is 3.27. The quantitative estimate of drug-likeness (QED) is 0.936. The van der Waals surface area contributed by atoms with Crippen LogP contribution < -0.4 is 0 Å². The summed E-state index contributed by atoms with van der Waals surface area (Å²) in [7, 11) is 0. The first-order chi connectivity index (χ1) is 11.6. The zero-order valence-electron chi connectivity index (χ0n) is 13.8.